The number of nitrogens with zero attached hydrogens (tertiary/aromatic N) is 2. The van der Waals surface area contributed by atoms with Gasteiger partial charge in [-0.1, -0.05) is 0 Å². The summed E-state index contributed by atoms with van der Waals surface area (Å²) in [5, 5.41) is 11.6. The summed E-state index contributed by atoms with van der Waals surface area (Å²) in [6, 6.07) is 8.29. The number of anilines is 1. The molecule has 1 fully saturated rings. The van der Waals surface area contributed by atoms with Gasteiger partial charge in [-0.25, -0.2) is 0 Å². The van der Waals surface area contributed by atoms with Gasteiger partial charge in [0.2, 0.25) is 0 Å². The molecule has 0 aliphatic carbocycles. The third-order valence-corrected chi connectivity index (χ3v) is 4.15. The number of carbonyl (C=O) groups is 1. The molecule has 1 aliphatic rings. The lowest BCUT2D eigenvalue weighted by Gasteiger charge is -2.19. The summed E-state index contributed by atoms with van der Waals surface area (Å²) in [6.45, 7) is 1.17. The van der Waals surface area contributed by atoms with Crippen LogP contribution < -0.4 is 10.2 Å². The molecule has 1 saturated heterocycles. The van der Waals surface area contributed by atoms with E-state index in [0.717, 1.165) is 12.1 Å². The molecule has 1 aromatic carbocycles. The molecular formula is C17H15F3N4O. The number of H-pyrrole nitrogens is 1. The zero-order valence-electron chi connectivity index (χ0n) is 13.1. The molecule has 25 heavy (non-hydrogen) atoms. The molecular weight excluding hydrogens is 333 g/mol. The highest BCUT2D eigenvalue weighted by molar-refractivity contribution is 5.94. The van der Waals surface area contributed by atoms with Crippen LogP contribution in [0.3, 0.4) is 0 Å². The van der Waals surface area contributed by atoms with Crippen molar-refractivity contribution in [2.75, 3.05) is 18.0 Å². The lowest BCUT2D eigenvalue weighted by atomic mass is 10.2. The van der Waals surface area contributed by atoms with Crippen molar-refractivity contribution < 1.29 is 18.0 Å². The van der Waals surface area contributed by atoms with Crippen LogP contribution in [0.5, 0.6) is 0 Å². The van der Waals surface area contributed by atoms with E-state index in [2.05, 4.69) is 10.3 Å². The number of amides is 1. The largest absolute Gasteiger partial charge is 0.416 e. The summed E-state index contributed by atoms with van der Waals surface area (Å²) >= 11 is 0. The Morgan fingerprint density at radius 3 is 2.64 bits per heavy atom. The molecule has 0 radical (unpaired) electrons. The van der Waals surface area contributed by atoms with Crippen LogP contribution in [-0.4, -0.2) is 30.0 Å². The second-order valence-electron chi connectivity index (χ2n) is 5.86. The normalized spacial score (nSPS) is 17.4. The molecule has 2 heterocycles. The van der Waals surface area contributed by atoms with Crippen LogP contribution in [0.15, 0.2) is 36.5 Å². The summed E-state index contributed by atoms with van der Waals surface area (Å²) in [6.07, 6.45) is -2.18. The lowest BCUT2D eigenvalue weighted by molar-refractivity contribution is -0.137. The molecule has 1 atom stereocenters. The lowest BCUT2D eigenvalue weighted by Crippen LogP contribution is -2.36. The van der Waals surface area contributed by atoms with Crippen LogP contribution in [-0.2, 0) is 6.18 Å². The number of rotatable bonds is 3. The van der Waals surface area contributed by atoms with Gasteiger partial charge in [0.25, 0.3) is 5.91 Å². The molecule has 130 valence electrons. The zero-order chi connectivity index (χ0) is 18.0. The Hall–Kier alpha value is -2.95. The topological polar surface area (TPSA) is 71.9 Å². The molecule has 0 saturated carbocycles. The predicted molar refractivity (Wildman–Crippen MR) is 85.0 cm³/mol. The molecule has 2 N–H and O–H groups in total. The monoisotopic (exact) mass is 348 g/mol. The second kappa shape index (κ2) is 6.51. The Kier molecular flexibility index (Phi) is 4.40. The number of carbonyl (C=O) groups excluding carboxylic acids is 1. The summed E-state index contributed by atoms with van der Waals surface area (Å²) in [5.74, 6) is -0.281. The van der Waals surface area contributed by atoms with E-state index in [1.807, 2.05) is 11.0 Å². The molecule has 3 rings (SSSR count). The Morgan fingerprint density at radius 1 is 1.32 bits per heavy atom. The zero-order valence-corrected chi connectivity index (χ0v) is 13.1. The quantitative estimate of drug-likeness (QED) is 0.896. The maximum atomic E-state index is 12.6. The Balaban J connectivity index is 1.60. The number of hydrogen-bond acceptors (Lipinski definition) is 3. The molecule has 0 spiro atoms. The van der Waals surface area contributed by atoms with E-state index in [1.54, 1.807) is 0 Å². The van der Waals surface area contributed by atoms with E-state index < -0.39 is 11.7 Å². The smallest absolute Gasteiger partial charge is 0.369 e. The van der Waals surface area contributed by atoms with Crippen molar-refractivity contribution in [3.05, 3.63) is 53.3 Å². The molecule has 5 nitrogen and oxygen atoms in total. The SMILES string of the molecule is N#Cc1cc(C(=O)N[C@@H]2CCN(c3ccc(C(F)(F)F)cc3)C2)c[nH]1. The highest BCUT2D eigenvalue weighted by atomic mass is 19.4. The maximum absolute atomic E-state index is 12.6. The van der Waals surface area contributed by atoms with Crippen LogP contribution in [0.2, 0.25) is 0 Å². The van der Waals surface area contributed by atoms with Gasteiger partial charge in [0.05, 0.1) is 11.1 Å². The fraction of sp³-hybridized carbons (Fsp3) is 0.294. The highest BCUT2D eigenvalue weighted by Gasteiger charge is 2.31. The van der Waals surface area contributed by atoms with Gasteiger partial charge < -0.3 is 15.2 Å². The number of benzene rings is 1. The van der Waals surface area contributed by atoms with Crippen LogP contribution >= 0.6 is 0 Å². The van der Waals surface area contributed by atoms with Gasteiger partial charge in [0, 0.05) is 31.0 Å². The molecule has 8 heteroatoms. The minimum Gasteiger partial charge on any atom is -0.369 e. The molecule has 1 aromatic heterocycles. The van der Waals surface area contributed by atoms with E-state index in [1.165, 1.54) is 24.4 Å². The van der Waals surface area contributed by atoms with Gasteiger partial charge in [0.15, 0.2) is 0 Å². The van der Waals surface area contributed by atoms with Gasteiger partial charge in [-0.3, -0.25) is 4.79 Å². The van der Waals surface area contributed by atoms with E-state index in [9.17, 15) is 18.0 Å². The first-order valence-electron chi connectivity index (χ1n) is 7.68. The van der Waals surface area contributed by atoms with E-state index in [0.29, 0.717) is 36.5 Å². The third kappa shape index (κ3) is 3.76. The fourth-order valence-electron chi connectivity index (χ4n) is 2.83. The van der Waals surface area contributed by atoms with Crippen LogP contribution in [0.4, 0.5) is 18.9 Å². The third-order valence-electron chi connectivity index (χ3n) is 4.15. The number of alkyl halides is 3. The number of aromatic amines is 1. The summed E-state index contributed by atoms with van der Waals surface area (Å²) in [7, 11) is 0. The van der Waals surface area contributed by atoms with Crippen molar-refractivity contribution in [2.45, 2.75) is 18.6 Å². The van der Waals surface area contributed by atoms with Gasteiger partial charge in [-0.05, 0) is 36.8 Å². The van der Waals surface area contributed by atoms with Gasteiger partial charge >= 0.3 is 6.18 Å². The molecule has 0 unspecified atom stereocenters. The first-order valence-corrected chi connectivity index (χ1v) is 7.68. The average molecular weight is 348 g/mol. The van der Waals surface area contributed by atoms with Crippen LogP contribution in [0.1, 0.15) is 28.0 Å². The fourth-order valence-corrected chi connectivity index (χ4v) is 2.83. The Bertz CT molecular complexity index is 805. The second-order valence-corrected chi connectivity index (χ2v) is 5.86. The minimum atomic E-state index is -4.35. The summed E-state index contributed by atoms with van der Waals surface area (Å²) in [5.41, 5.74) is 0.701. The van der Waals surface area contributed by atoms with Crippen LogP contribution in [0.25, 0.3) is 0 Å². The van der Waals surface area contributed by atoms with Crippen molar-refractivity contribution in [1.29, 1.82) is 5.26 Å². The van der Waals surface area contributed by atoms with E-state index in [4.69, 9.17) is 5.26 Å². The molecule has 1 aliphatic heterocycles. The predicted octanol–water partition coefficient (Wildman–Crippen LogP) is 2.91. The van der Waals surface area contributed by atoms with Gasteiger partial charge in [-0.15, -0.1) is 0 Å². The number of nitrogens with one attached hydrogen (secondary N) is 2. The van der Waals surface area contributed by atoms with Crippen molar-refractivity contribution in [3.8, 4) is 6.07 Å². The van der Waals surface area contributed by atoms with Gasteiger partial charge in [0.1, 0.15) is 11.8 Å². The Morgan fingerprint density at radius 2 is 2.04 bits per heavy atom. The van der Waals surface area contributed by atoms with Gasteiger partial charge in [-0.2, -0.15) is 18.4 Å². The first kappa shape index (κ1) is 16.9. The molecule has 2 aromatic rings. The average Bonchev–Trinajstić information content (AvgIpc) is 3.23. The first-order chi connectivity index (χ1) is 11.9. The number of nitriles is 1. The standard InChI is InChI=1S/C17H15F3N4O/c18-17(19,20)12-1-3-15(4-2-12)24-6-5-13(10-24)23-16(25)11-7-14(8-21)22-9-11/h1-4,7,9,13,22H,5-6,10H2,(H,23,25)/t13-/m1/s1. The number of hydrogen-bond donors (Lipinski definition) is 2. The summed E-state index contributed by atoms with van der Waals surface area (Å²) in [4.78, 5) is 16.8. The van der Waals surface area contributed by atoms with Crippen LogP contribution in [0, 0.1) is 11.3 Å². The maximum Gasteiger partial charge on any atom is 0.416 e. The molecule has 1 amide bonds. The van der Waals surface area contributed by atoms with Crippen molar-refractivity contribution in [1.82, 2.24) is 10.3 Å². The van der Waals surface area contributed by atoms with E-state index in [-0.39, 0.29) is 11.9 Å². The minimum absolute atomic E-state index is 0.102. The Labute approximate surface area is 142 Å². The number of aromatic nitrogens is 1. The number of halogens is 3. The molecule has 0 bridgehead atoms. The van der Waals surface area contributed by atoms with E-state index >= 15 is 0 Å². The summed E-state index contributed by atoms with van der Waals surface area (Å²) < 4.78 is 37.8. The highest BCUT2D eigenvalue weighted by Crippen LogP contribution is 2.31. The van der Waals surface area contributed by atoms with Crippen molar-refractivity contribution >= 4 is 11.6 Å². The van der Waals surface area contributed by atoms with Crippen molar-refractivity contribution in [2.24, 2.45) is 0 Å². The van der Waals surface area contributed by atoms with Crippen molar-refractivity contribution in [3.63, 3.8) is 0 Å².